The summed E-state index contributed by atoms with van der Waals surface area (Å²) in [5, 5.41) is 4.72. The van der Waals surface area contributed by atoms with Crippen molar-refractivity contribution < 1.29 is 13.6 Å². The first-order valence-electron chi connectivity index (χ1n) is 7.24. The molecule has 0 aliphatic heterocycles. The Morgan fingerprint density at radius 3 is 2.88 bits per heavy atom. The number of carbonyl (C=O) groups excluding carboxylic acids is 1. The van der Waals surface area contributed by atoms with Gasteiger partial charge in [0.1, 0.15) is 11.6 Å². The quantitative estimate of drug-likeness (QED) is 0.615. The van der Waals surface area contributed by atoms with E-state index in [1.165, 1.54) is 23.5 Å². The molecular weight excluding hydrogens is 329 g/mol. The number of halogens is 1. The number of hydrogen-bond acceptors (Lipinski definition) is 4. The maximum atomic E-state index is 12.9. The van der Waals surface area contributed by atoms with E-state index in [2.05, 4.69) is 10.3 Å². The molecule has 3 aromatic heterocycles. The molecule has 1 N–H and O–H groups in total. The highest BCUT2D eigenvalue weighted by molar-refractivity contribution is 7.15. The van der Waals surface area contributed by atoms with Crippen LogP contribution in [-0.2, 0) is 6.54 Å². The topological polar surface area (TPSA) is 59.5 Å². The van der Waals surface area contributed by atoms with Crippen LogP contribution in [0.15, 0.2) is 58.6 Å². The van der Waals surface area contributed by atoms with Gasteiger partial charge in [-0.2, -0.15) is 0 Å². The number of benzene rings is 1. The Bertz CT molecular complexity index is 972. The van der Waals surface area contributed by atoms with Crippen LogP contribution in [-0.4, -0.2) is 15.3 Å². The van der Waals surface area contributed by atoms with Gasteiger partial charge in [0.2, 0.25) is 0 Å². The highest BCUT2D eigenvalue weighted by atomic mass is 32.1. The number of nitrogens with zero attached hydrogens (tertiary/aromatic N) is 2. The molecule has 5 nitrogen and oxygen atoms in total. The van der Waals surface area contributed by atoms with Crippen molar-refractivity contribution in [3.05, 3.63) is 71.4 Å². The van der Waals surface area contributed by atoms with Gasteiger partial charge in [-0.25, -0.2) is 9.37 Å². The largest absolute Gasteiger partial charge is 0.451 e. The molecule has 1 amide bonds. The number of nitrogens with one attached hydrogen (secondary N) is 1. The molecule has 0 saturated carbocycles. The Labute approximate surface area is 140 Å². The van der Waals surface area contributed by atoms with Crippen LogP contribution in [0.5, 0.6) is 0 Å². The van der Waals surface area contributed by atoms with Gasteiger partial charge in [-0.3, -0.25) is 9.20 Å². The molecule has 3 heterocycles. The van der Waals surface area contributed by atoms with Crippen molar-refractivity contribution in [2.24, 2.45) is 0 Å². The second kappa shape index (κ2) is 5.93. The van der Waals surface area contributed by atoms with Gasteiger partial charge in [0.15, 0.2) is 10.7 Å². The maximum absolute atomic E-state index is 12.9. The molecule has 4 aromatic rings. The third-order valence-corrected chi connectivity index (χ3v) is 4.30. The number of aromatic nitrogens is 2. The van der Waals surface area contributed by atoms with Gasteiger partial charge in [0, 0.05) is 23.3 Å². The number of furan rings is 1. The second-order valence-corrected chi connectivity index (χ2v) is 6.05. The van der Waals surface area contributed by atoms with Crippen LogP contribution in [0.25, 0.3) is 16.3 Å². The lowest BCUT2D eigenvalue weighted by Crippen LogP contribution is -2.22. The molecule has 120 valence electrons. The van der Waals surface area contributed by atoms with E-state index >= 15 is 0 Å². The van der Waals surface area contributed by atoms with Crippen LogP contribution in [0.3, 0.4) is 0 Å². The fourth-order valence-electron chi connectivity index (χ4n) is 2.35. The molecule has 0 radical (unpaired) electrons. The fourth-order valence-corrected chi connectivity index (χ4v) is 3.07. The molecule has 24 heavy (non-hydrogen) atoms. The van der Waals surface area contributed by atoms with Crippen molar-refractivity contribution in [1.82, 2.24) is 14.7 Å². The smallest absolute Gasteiger partial charge is 0.287 e. The predicted molar refractivity (Wildman–Crippen MR) is 88.3 cm³/mol. The third kappa shape index (κ3) is 2.81. The summed E-state index contributed by atoms with van der Waals surface area (Å²) in [4.78, 5) is 17.5. The molecule has 0 saturated heterocycles. The minimum Gasteiger partial charge on any atom is -0.451 e. The van der Waals surface area contributed by atoms with Gasteiger partial charge in [-0.15, -0.1) is 11.3 Å². The van der Waals surface area contributed by atoms with Crippen molar-refractivity contribution >= 4 is 22.2 Å². The fraction of sp³-hybridized carbons (Fsp3) is 0.0588. The average molecular weight is 341 g/mol. The van der Waals surface area contributed by atoms with Crippen molar-refractivity contribution in [2.45, 2.75) is 6.54 Å². The van der Waals surface area contributed by atoms with E-state index in [9.17, 15) is 9.18 Å². The standard InChI is InChI=1S/C17H12FN3O2S/c18-12-3-1-11(2-4-12)14-5-6-15(23-14)16(22)19-9-13-10-21-7-8-24-17(21)20-13/h1-8,10H,9H2,(H,19,22). The van der Waals surface area contributed by atoms with Crippen molar-refractivity contribution in [3.8, 4) is 11.3 Å². The minimum atomic E-state index is -0.320. The minimum absolute atomic E-state index is 0.204. The van der Waals surface area contributed by atoms with Crippen molar-refractivity contribution in [3.63, 3.8) is 0 Å². The molecular formula is C17H12FN3O2S. The molecule has 0 unspecified atom stereocenters. The Kier molecular flexibility index (Phi) is 3.62. The number of fused-ring (bicyclic) bond motifs is 1. The normalized spacial score (nSPS) is 11.0. The lowest BCUT2D eigenvalue weighted by molar-refractivity contribution is 0.0923. The monoisotopic (exact) mass is 341 g/mol. The van der Waals surface area contributed by atoms with Crippen LogP contribution in [0.1, 0.15) is 16.2 Å². The lowest BCUT2D eigenvalue weighted by atomic mass is 10.2. The zero-order chi connectivity index (χ0) is 16.5. The Morgan fingerprint density at radius 1 is 1.25 bits per heavy atom. The second-order valence-electron chi connectivity index (χ2n) is 5.18. The first kappa shape index (κ1) is 14.6. The summed E-state index contributed by atoms with van der Waals surface area (Å²) in [5.74, 6) is 0.0842. The van der Waals surface area contributed by atoms with Gasteiger partial charge in [-0.1, -0.05) is 0 Å². The number of imidazole rings is 1. The molecule has 1 aromatic carbocycles. The summed E-state index contributed by atoms with van der Waals surface area (Å²) >= 11 is 1.53. The van der Waals surface area contributed by atoms with Gasteiger partial charge in [0.05, 0.1) is 12.2 Å². The summed E-state index contributed by atoms with van der Waals surface area (Å²) < 4.78 is 20.4. The van der Waals surface area contributed by atoms with E-state index in [0.717, 1.165) is 10.7 Å². The lowest BCUT2D eigenvalue weighted by Gasteiger charge is -2.00. The SMILES string of the molecule is O=C(NCc1cn2ccsc2n1)c1ccc(-c2ccc(F)cc2)o1. The zero-order valence-electron chi connectivity index (χ0n) is 12.4. The molecule has 0 atom stereocenters. The van der Waals surface area contributed by atoms with Crippen LogP contribution < -0.4 is 5.32 Å². The van der Waals surface area contributed by atoms with E-state index in [4.69, 9.17) is 4.42 Å². The Hall–Kier alpha value is -2.93. The van der Waals surface area contributed by atoms with Gasteiger partial charge in [0.25, 0.3) is 5.91 Å². The molecule has 4 rings (SSSR count). The van der Waals surface area contributed by atoms with Gasteiger partial charge < -0.3 is 9.73 Å². The predicted octanol–water partition coefficient (Wildman–Crippen LogP) is 3.72. The number of carbonyl (C=O) groups is 1. The van der Waals surface area contributed by atoms with Crippen LogP contribution in [0.2, 0.25) is 0 Å². The van der Waals surface area contributed by atoms with E-state index in [0.29, 0.717) is 17.9 Å². The van der Waals surface area contributed by atoms with Crippen LogP contribution in [0, 0.1) is 5.82 Å². The Balaban J connectivity index is 1.44. The van der Waals surface area contributed by atoms with Crippen molar-refractivity contribution in [1.29, 1.82) is 0 Å². The summed E-state index contributed by atoms with van der Waals surface area (Å²) in [6.07, 6.45) is 3.79. The average Bonchev–Trinajstić information content (AvgIpc) is 3.29. The number of rotatable bonds is 4. The van der Waals surface area contributed by atoms with Crippen molar-refractivity contribution in [2.75, 3.05) is 0 Å². The van der Waals surface area contributed by atoms with E-state index in [-0.39, 0.29) is 17.5 Å². The van der Waals surface area contributed by atoms with Gasteiger partial charge in [-0.05, 0) is 36.4 Å². The summed E-state index contributed by atoms with van der Waals surface area (Å²) in [6.45, 7) is 0.319. The molecule has 0 aliphatic rings. The van der Waals surface area contributed by atoms with E-state index in [1.54, 1.807) is 24.3 Å². The van der Waals surface area contributed by atoms with E-state index < -0.39 is 0 Å². The number of thiazole rings is 1. The highest BCUT2D eigenvalue weighted by Gasteiger charge is 2.13. The number of hydrogen-bond donors (Lipinski definition) is 1. The summed E-state index contributed by atoms with van der Waals surface area (Å²) in [7, 11) is 0. The first-order chi connectivity index (χ1) is 11.7. The molecule has 7 heteroatoms. The van der Waals surface area contributed by atoms with Crippen LogP contribution in [0.4, 0.5) is 4.39 Å². The summed E-state index contributed by atoms with van der Waals surface area (Å²) in [6, 6.07) is 9.19. The third-order valence-electron chi connectivity index (χ3n) is 3.53. The highest BCUT2D eigenvalue weighted by Crippen LogP contribution is 2.22. The first-order valence-corrected chi connectivity index (χ1v) is 8.12. The van der Waals surface area contributed by atoms with E-state index in [1.807, 2.05) is 22.2 Å². The maximum Gasteiger partial charge on any atom is 0.287 e. The molecule has 0 bridgehead atoms. The molecule has 0 aliphatic carbocycles. The summed E-state index contributed by atoms with van der Waals surface area (Å²) in [5.41, 5.74) is 1.49. The van der Waals surface area contributed by atoms with Gasteiger partial charge >= 0.3 is 0 Å². The zero-order valence-corrected chi connectivity index (χ0v) is 13.2. The molecule has 0 fully saturated rings. The Morgan fingerprint density at radius 2 is 2.08 bits per heavy atom. The number of amides is 1. The molecule has 0 spiro atoms. The van der Waals surface area contributed by atoms with Crippen LogP contribution >= 0.6 is 11.3 Å².